The van der Waals surface area contributed by atoms with Gasteiger partial charge in [-0.1, -0.05) is 0 Å². The van der Waals surface area contributed by atoms with Crippen LogP contribution < -0.4 is 5.32 Å². The van der Waals surface area contributed by atoms with Crippen LogP contribution in [0.1, 0.15) is 0 Å². The Morgan fingerprint density at radius 3 is 3.05 bits per heavy atom. The van der Waals surface area contributed by atoms with E-state index in [2.05, 4.69) is 10.3 Å². The second-order valence-corrected chi connectivity index (χ2v) is 3.83. The van der Waals surface area contributed by atoms with Crippen LogP contribution in [0.5, 0.6) is 0 Å². The van der Waals surface area contributed by atoms with E-state index in [-0.39, 0.29) is 16.9 Å². The summed E-state index contributed by atoms with van der Waals surface area (Å²) in [4.78, 5) is 14.3. The van der Waals surface area contributed by atoms with Crippen molar-refractivity contribution >= 4 is 22.3 Å². The molecule has 2 rings (SSSR count). The highest BCUT2D eigenvalue weighted by Crippen LogP contribution is 2.32. The van der Waals surface area contributed by atoms with Crippen LogP contribution in [0.2, 0.25) is 0 Å². The van der Waals surface area contributed by atoms with Gasteiger partial charge in [0.2, 0.25) is 0 Å². The molecule has 100 valence electrons. The number of rotatable bonds is 5. The van der Waals surface area contributed by atoms with Gasteiger partial charge in [-0.05, 0) is 12.1 Å². The summed E-state index contributed by atoms with van der Waals surface area (Å²) in [5.41, 5.74) is 0.0986. The van der Waals surface area contributed by atoms with Crippen LogP contribution in [-0.2, 0) is 4.74 Å². The molecule has 0 amide bonds. The van der Waals surface area contributed by atoms with Crippen LogP contribution in [0.25, 0.3) is 10.9 Å². The summed E-state index contributed by atoms with van der Waals surface area (Å²) in [5, 5.41) is 14.0. The molecular weight excluding hydrogens is 253 g/mol. The van der Waals surface area contributed by atoms with Crippen molar-refractivity contribution in [3.8, 4) is 0 Å². The SMILES string of the molecule is COCCNc1c(F)cc([N+](=O)[O-])c2cccnc12. The monoisotopic (exact) mass is 265 g/mol. The Hall–Kier alpha value is -2.28. The Kier molecular flexibility index (Phi) is 3.86. The van der Waals surface area contributed by atoms with Crippen molar-refractivity contribution in [3.63, 3.8) is 0 Å². The Balaban J connectivity index is 2.55. The minimum absolute atomic E-state index is 0.151. The molecule has 0 bridgehead atoms. The second kappa shape index (κ2) is 5.57. The molecule has 0 saturated carbocycles. The maximum atomic E-state index is 13.9. The van der Waals surface area contributed by atoms with Gasteiger partial charge >= 0.3 is 0 Å². The average molecular weight is 265 g/mol. The van der Waals surface area contributed by atoms with Gasteiger partial charge in [-0.2, -0.15) is 0 Å². The number of nitrogens with zero attached hydrogens (tertiary/aromatic N) is 2. The molecule has 0 radical (unpaired) electrons. The highest BCUT2D eigenvalue weighted by molar-refractivity contribution is 5.97. The molecule has 0 aliphatic rings. The van der Waals surface area contributed by atoms with Crippen LogP contribution in [-0.4, -0.2) is 30.2 Å². The summed E-state index contributed by atoms with van der Waals surface area (Å²) in [6.45, 7) is 0.779. The quantitative estimate of drug-likeness (QED) is 0.510. The number of anilines is 1. The summed E-state index contributed by atoms with van der Waals surface area (Å²) in [5.74, 6) is -0.700. The van der Waals surface area contributed by atoms with Gasteiger partial charge in [-0.15, -0.1) is 0 Å². The number of ether oxygens (including phenoxy) is 1. The Morgan fingerprint density at radius 1 is 1.58 bits per heavy atom. The van der Waals surface area contributed by atoms with Crippen molar-refractivity contribution in [2.75, 3.05) is 25.6 Å². The number of pyridine rings is 1. The molecule has 0 spiro atoms. The van der Waals surface area contributed by atoms with E-state index >= 15 is 0 Å². The number of nitro benzene ring substituents is 1. The number of methoxy groups -OCH3 is 1. The topological polar surface area (TPSA) is 77.3 Å². The molecular formula is C12H12FN3O3. The molecule has 0 aliphatic carbocycles. The van der Waals surface area contributed by atoms with Crippen molar-refractivity contribution in [2.24, 2.45) is 0 Å². The fourth-order valence-electron chi connectivity index (χ4n) is 1.79. The van der Waals surface area contributed by atoms with Crippen LogP contribution in [0, 0.1) is 15.9 Å². The molecule has 6 nitrogen and oxygen atoms in total. The first kappa shape index (κ1) is 13.2. The van der Waals surface area contributed by atoms with Crippen LogP contribution >= 0.6 is 0 Å². The summed E-state index contributed by atoms with van der Waals surface area (Å²) in [6.07, 6.45) is 1.47. The van der Waals surface area contributed by atoms with E-state index in [0.717, 1.165) is 6.07 Å². The third kappa shape index (κ3) is 2.60. The van der Waals surface area contributed by atoms with E-state index in [9.17, 15) is 14.5 Å². The number of nitrogens with one attached hydrogen (secondary N) is 1. The zero-order valence-electron chi connectivity index (χ0n) is 10.2. The summed E-state index contributed by atoms with van der Waals surface area (Å²) < 4.78 is 18.8. The molecule has 0 fully saturated rings. The maximum Gasteiger partial charge on any atom is 0.281 e. The number of nitro groups is 1. The van der Waals surface area contributed by atoms with Crippen molar-refractivity contribution in [1.29, 1.82) is 0 Å². The van der Waals surface area contributed by atoms with Gasteiger partial charge in [0.1, 0.15) is 5.52 Å². The number of hydrogen-bond acceptors (Lipinski definition) is 5. The van der Waals surface area contributed by atoms with Gasteiger partial charge in [0.25, 0.3) is 5.69 Å². The first-order valence-electron chi connectivity index (χ1n) is 5.59. The Morgan fingerprint density at radius 2 is 2.37 bits per heavy atom. The van der Waals surface area contributed by atoms with E-state index in [1.54, 1.807) is 12.1 Å². The van der Waals surface area contributed by atoms with E-state index < -0.39 is 10.7 Å². The van der Waals surface area contributed by atoms with E-state index in [4.69, 9.17) is 4.74 Å². The predicted octanol–water partition coefficient (Wildman–Crippen LogP) is 2.34. The van der Waals surface area contributed by atoms with Gasteiger partial charge in [-0.3, -0.25) is 15.1 Å². The summed E-state index contributed by atoms with van der Waals surface area (Å²) >= 11 is 0. The van der Waals surface area contributed by atoms with Crippen LogP contribution in [0.3, 0.4) is 0 Å². The molecule has 19 heavy (non-hydrogen) atoms. The van der Waals surface area contributed by atoms with Crippen LogP contribution in [0.15, 0.2) is 24.4 Å². The van der Waals surface area contributed by atoms with Crippen molar-refractivity contribution in [2.45, 2.75) is 0 Å². The summed E-state index contributed by atoms with van der Waals surface area (Å²) in [6, 6.07) is 4.02. The lowest BCUT2D eigenvalue weighted by molar-refractivity contribution is -0.383. The molecule has 1 N–H and O–H groups in total. The molecule has 1 aromatic carbocycles. The van der Waals surface area contributed by atoms with Gasteiger partial charge in [0, 0.05) is 19.9 Å². The maximum absolute atomic E-state index is 13.9. The molecule has 7 heteroatoms. The summed E-state index contributed by atoms with van der Waals surface area (Å²) in [7, 11) is 1.53. The third-order valence-corrected chi connectivity index (χ3v) is 2.63. The van der Waals surface area contributed by atoms with Gasteiger partial charge in [0.15, 0.2) is 5.82 Å². The number of fused-ring (bicyclic) bond motifs is 1. The smallest absolute Gasteiger partial charge is 0.281 e. The predicted molar refractivity (Wildman–Crippen MR) is 68.7 cm³/mol. The molecule has 1 aromatic heterocycles. The van der Waals surface area contributed by atoms with E-state index in [1.807, 2.05) is 0 Å². The lowest BCUT2D eigenvalue weighted by atomic mass is 10.1. The second-order valence-electron chi connectivity index (χ2n) is 3.83. The molecule has 2 aromatic rings. The lowest BCUT2D eigenvalue weighted by Gasteiger charge is -2.10. The van der Waals surface area contributed by atoms with Crippen molar-refractivity contribution in [1.82, 2.24) is 4.98 Å². The fourth-order valence-corrected chi connectivity index (χ4v) is 1.79. The van der Waals surface area contributed by atoms with Gasteiger partial charge in [-0.25, -0.2) is 4.39 Å². The normalized spacial score (nSPS) is 10.6. The molecule has 0 atom stereocenters. The van der Waals surface area contributed by atoms with Gasteiger partial charge in [0.05, 0.1) is 28.7 Å². The Labute approximate surface area is 108 Å². The van der Waals surface area contributed by atoms with Crippen molar-refractivity contribution in [3.05, 3.63) is 40.3 Å². The van der Waals surface area contributed by atoms with E-state index in [1.165, 1.54) is 13.3 Å². The first-order valence-corrected chi connectivity index (χ1v) is 5.59. The number of hydrogen-bond donors (Lipinski definition) is 1. The number of halogens is 1. The largest absolute Gasteiger partial charge is 0.383 e. The number of non-ortho nitro benzene ring substituents is 1. The average Bonchev–Trinajstić information content (AvgIpc) is 2.40. The molecule has 0 unspecified atom stereocenters. The third-order valence-electron chi connectivity index (χ3n) is 2.63. The zero-order valence-corrected chi connectivity index (χ0v) is 10.2. The van der Waals surface area contributed by atoms with Crippen molar-refractivity contribution < 1.29 is 14.1 Å². The minimum atomic E-state index is -0.700. The first-order chi connectivity index (χ1) is 9.15. The van der Waals surface area contributed by atoms with E-state index in [0.29, 0.717) is 18.5 Å². The standard InChI is InChI=1S/C12H12FN3O3/c1-19-6-5-15-12-9(13)7-10(16(17)18)8-3-2-4-14-11(8)12/h2-4,7,15H,5-6H2,1H3. The van der Waals surface area contributed by atoms with Crippen LogP contribution in [0.4, 0.5) is 15.8 Å². The fraction of sp³-hybridized carbons (Fsp3) is 0.250. The Bertz CT molecular complexity index is 618. The van der Waals surface area contributed by atoms with Gasteiger partial charge < -0.3 is 10.1 Å². The molecule has 0 saturated heterocycles. The highest BCUT2D eigenvalue weighted by Gasteiger charge is 2.19. The highest BCUT2D eigenvalue weighted by atomic mass is 19.1. The number of aromatic nitrogens is 1. The minimum Gasteiger partial charge on any atom is -0.383 e. The molecule has 0 aliphatic heterocycles. The zero-order chi connectivity index (χ0) is 13.8. The lowest BCUT2D eigenvalue weighted by Crippen LogP contribution is -2.10. The molecule has 1 heterocycles. The number of benzene rings is 1.